The van der Waals surface area contributed by atoms with Gasteiger partial charge in [-0.3, -0.25) is 9.69 Å². The first-order valence-corrected chi connectivity index (χ1v) is 5.28. The van der Waals surface area contributed by atoms with E-state index in [0.29, 0.717) is 19.2 Å². The third-order valence-electron chi connectivity index (χ3n) is 2.30. The highest BCUT2D eigenvalue weighted by Gasteiger charge is 2.29. The number of hydrogen-bond donors (Lipinski definition) is 1. The van der Waals surface area contributed by atoms with Crippen molar-refractivity contribution in [3.8, 4) is 0 Å². The maximum Gasteiger partial charge on any atom is 0.320 e. The van der Waals surface area contributed by atoms with Gasteiger partial charge in [-0.2, -0.15) is 0 Å². The van der Waals surface area contributed by atoms with Gasteiger partial charge in [-0.05, 0) is 26.2 Å². The van der Waals surface area contributed by atoms with Crippen LogP contribution in [0.2, 0.25) is 0 Å². The van der Waals surface area contributed by atoms with Crippen LogP contribution in [0.5, 0.6) is 0 Å². The summed E-state index contributed by atoms with van der Waals surface area (Å²) in [6.07, 6.45) is 3.07. The van der Waals surface area contributed by atoms with Gasteiger partial charge in [0.15, 0.2) is 0 Å². The SMILES string of the molecule is CCOC(=O)CN(CCCO)C1CC1. The highest BCUT2D eigenvalue weighted by Crippen LogP contribution is 2.26. The van der Waals surface area contributed by atoms with E-state index >= 15 is 0 Å². The zero-order valence-electron chi connectivity index (χ0n) is 8.74. The molecule has 4 nitrogen and oxygen atoms in total. The molecule has 82 valence electrons. The number of aliphatic hydroxyl groups is 1. The van der Waals surface area contributed by atoms with E-state index in [1.165, 1.54) is 12.8 Å². The molecule has 1 aliphatic rings. The smallest absolute Gasteiger partial charge is 0.320 e. The van der Waals surface area contributed by atoms with Crippen molar-refractivity contribution >= 4 is 5.97 Å². The van der Waals surface area contributed by atoms with Gasteiger partial charge in [-0.25, -0.2) is 0 Å². The molecule has 1 rings (SSSR count). The molecule has 0 atom stereocenters. The number of ether oxygens (including phenoxy) is 1. The molecule has 4 heteroatoms. The van der Waals surface area contributed by atoms with Gasteiger partial charge in [0, 0.05) is 19.2 Å². The highest BCUT2D eigenvalue weighted by molar-refractivity contribution is 5.71. The number of carbonyl (C=O) groups excluding carboxylic acids is 1. The summed E-state index contributed by atoms with van der Waals surface area (Å²) in [5.41, 5.74) is 0. The predicted molar refractivity (Wildman–Crippen MR) is 52.9 cm³/mol. The Labute approximate surface area is 84.8 Å². The van der Waals surface area contributed by atoms with Crippen LogP contribution in [0.15, 0.2) is 0 Å². The fourth-order valence-corrected chi connectivity index (χ4v) is 1.48. The number of hydrogen-bond acceptors (Lipinski definition) is 4. The lowest BCUT2D eigenvalue weighted by Crippen LogP contribution is -2.34. The van der Waals surface area contributed by atoms with E-state index in [-0.39, 0.29) is 12.6 Å². The fourth-order valence-electron chi connectivity index (χ4n) is 1.48. The van der Waals surface area contributed by atoms with Crippen LogP contribution in [0.25, 0.3) is 0 Å². The third kappa shape index (κ3) is 4.07. The molecule has 0 aliphatic heterocycles. The van der Waals surface area contributed by atoms with E-state index in [4.69, 9.17) is 9.84 Å². The van der Waals surface area contributed by atoms with Crippen LogP contribution < -0.4 is 0 Å². The van der Waals surface area contributed by atoms with E-state index in [0.717, 1.165) is 13.0 Å². The van der Waals surface area contributed by atoms with Crippen LogP contribution in [0.3, 0.4) is 0 Å². The summed E-state index contributed by atoms with van der Waals surface area (Å²) in [5.74, 6) is -0.155. The molecular formula is C10H19NO3. The Morgan fingerprint density at radius 3 is 2.79 bits per heavy atom. The first-order chi connectivity index (χ1) is 6.77. The lowest BCUT2D eigenvalue weighted by atomic mass is 10.3. The number of nitrogens with zero attached hydrogens (tertiary/aromatic N) is 1. The molecular weight excluding hydrogens is 182 g/mol. The molecule has 0 aromatic heterocycles. The minimum absolute atomic E-state index is 0.155. The second-order valence-corrected chi connectivity index (χ2v) is 3.58. The Morgan fingerprint density at radius 2 is 2.29 bits per heavy atom. The Morgan fingerprint density at radius 1 is 1.57 bits per heavy atom. The summed E-state index contributed by atoms with van der Waals surface area (Å²) in [4.78, 5) is 13.3. The molecule has 0 heterocycles. The number of aliphatic hydroxyl groups excluding tert-OH is 1. The quantitative estimate of drug-likeness (QED) is 0.606. The second-order valence-electron chi connectivity index (χ2n) is 3.58. The number of esters is 1. The van der Waals surface area contributed by atoms with Crippen molar-refractivity contribution < 1.29 is 14.6 Å². The Kier molecular flexibility index (Phi) is 4.90. The molecule has 1 N–H and O–H groups in total. The fraction of sp³-hybridized carbons (Fsp3) is 0.900. The third-order valence-corrected chi connectivity index (χ3v) is 2.30. The second kappa shape index (κ2) is 5.98. The van der Waals surface area contributed by atoms with Crippen LogP contribution in [-0.4, -0.2) is 48.3 Å². The van der Waals surface area contributed by atoms with Crippen LogP contribution in [0, 0.1) is 0 Å². The average Bonchev–Trinajstić information content (AvgIpc) is 2.95. The monoisotopic (exact) mass is 201 g/mol. The van der Waals surface area contributed by atoms with Gasteiger partial charge < -0.3 is 9.84 Å². The summed E-state index contributed by atoms with van der Waals surface area (Å²) < 4.78 is 4.89. The molecule has 1 fully saturated rings. The van der Waals surface area contributed by atoms with Crippen molar-refractivity contribution in [2.24, 2.45) is 0 Å². The van der Waals surface area contributed by atoms with Gasteiger partial charge in [-0.15, -0.1) is 0 Å². The summed E-state index contributed by atoms with van der Waals surface area (Å²) in [6.45, 7) is 3.61. The van der Waals surface area contributed by atoms with E-state index in [1.54, 1.807) is 0 Å². The van der Waals surface area contributed by atoms with Crippen LogP contribution in [0.4, 0.5) is 0 Å². The number of carbonyl (C=O) groups is 1. The van der Waals surface area contributed by atoms with Crippen molar-refractivity contribution in [2.45, 2.75) is 32.2 Å². The van der Waals surface area contributed by atoms with Crippen molar-refractivity contribution in [1.29, 1.82) is 0 Å². The van der Waals surface area contributed by atoms with Gasteiger partial charge >= 0.3 is 5.97 Å². The lowest BCUT2D eigenvalue weighted by Gasteiger charge is -2.19. The lowest BCUT2D eigenvalue weighted by molar-refractivity contribution is -0.144. The minimum Gasteiger partial charge on any atom is -0.465 e. The van der Waals surface area contributed by atoms with Gasteiger partial charge in [0.05, 0.1) is 13.2 Å². The molecule has 0 spiro atoms. The molecule has 0 aromatic carbocycles. The number of rotatable bonds is 7. The molecule has 1 aliphatic carbocycles. The molecule has 0 amide bonds. The molecule has 0 saturated heterocycles. The topological polar surface area (TPSA) is 49.8 Å². The van der Waals surface area contributed by atoms with Crippen LogP contribution >= 0.6 is 0 Å². The molecule has 0 radical (unpaired) electrons. The summed E-state index contributed by atoms with van der Waals surface area (Å²) >= 11 is 0. The van der Waals surface area contributed by atoms with Gasteiger partial charge in [0.1, 0.15) is 0 Å². The molecule has 1 saturated carbocycles. The Hall–Kier alpha value is -0.610. The molecule has 14 heavy (non-hydrogen) atoms. The summed E-state index contributed by atoms with van der Waals surface area (Å²) in [5, 5.41) is 8.71. The summed E-state index contributed by atoms with van der Waals surface area (Å²) in [6, 6.07) is 0.547. The zero-order valence-corrected chi connectivity index (χ0v) is 8.74. The van der Waals surface area contributed by atoms with Crippen LogP contribution in [0.1, 0.15) is 26.2 Å². The van der Waals surface area contributed by atoms with Crippen molar-refractivity contribution in [3.63, 3.8) is 0 Å². The largest absolute Gasteiger partial charge is 0.465 e. The zero-order chi connectivity index (χ0) is 10.4. The Bertz CT molecular complexity index is 180. The molecule has 0 aromatic rings. The maximum absolute atomic E-state index is 11.2. The first-order valence-electron chi connectivity index (χ1n) is 5.28. The van der Waals surface area contributed by atoms with E-state index in [1.807, 2.05) is 6.92 Å². The van der Waals surface area contributed by atoms with E-state index in [2.05, 4.69) is 4.90 Å². The highest BCUT2D eigenvalue weighted by atomic mass is 16.5. The first kappa shape index (κ1) is 11.5. The van der Waals surface area contributed by atoms with E-state index < -0.39 is 0 Å². The van der Waals surface area contributed by atoms with E-state index in [9.17, 15) is 4.79 Å². The van der Waals surface area contributed by atoms with Crippen molar-refractivity contribution in [3.05, 3.63) is 0 Å². The summed E-state index contributed by atoms with van der Waals surface area (Å²) in [7, 11) is 0. The molecule has 0 bridgehead atoms. The van der Waals surface area contributed by atoms with Crippen molar-refractivity contribution in [1.82, 2.24) is 4.90 Å². The van der Waals surface area contributed by atoms with Crippen LogP contribution in [-0.2, 0) is 9.53 Å². The standard InChI is InChI=1S/C10H19NO3/c1-2-14-10(13)8-11(6-3-7-12)9-4-5-9/h9,12H,2-8H2,1H3. The van der Waals surface area contributed by atoms with Gasteiger partial charge in [-0.1, -0.05) is 0 Å². The Balaban J connectivity index is 2.23. The average molecular weight is 201 g/mol. The minimum atomic E-state index is -0.155. The van der Waals surface area contributed by atoms with Crippen molar-refractivity contribution in [2.75, 3.05) is 26.3 Å². The van der Waals surface area contributed by atoms with Gasteiger partial charge in [0.25, 0.3) is 0 Å². The maximum atomic E-state index is 11.2. The predicted octanol–water partition coefficient (Wildman–Crippen LogP) is 0.396. The molecule has 0 unspecified atom stereocenters. The normalized spacial score (nSPS) is 15.9. The van der Waals surface area contributed by atoms with Gasteiger partial charge in [0.2, 0.25) is 0 Å².